The van der Waals surface area contributed by atoms with Gasteiger partial charge in [-0.1, -0.05) is 18.2 Å². The molecule has 10 heteroatoms. The summed E-state index contributed by atoms with van der Waals surface area (Å²) in [7, 11) is 0. The Morgan fingerprint density at radius 2 is 1.92 bits per heavy atom. The zero-order valence-electron chi connectivity index (χ0n) is 23.4. The summed E-state index contributed by atoms with van der Waals surface area (Å²) in [6.45, 7) is 8.36. The summed E-state index contributed by atoms with van der Waals surface area (Å²) in [5.74, 6) is -0.608. The quantitative estimate of drug-likeness (QED) is 0.506. The number of benzene rings is 1. The highest BCUT2D eigenvalue weighted by Gasteiger charge is 2.53. The van der Waals surface area contributed by atoms with Gasteiger partial charge in [0.2, 0.25) is 5.91 Å². The smallest absolute Gasteiger partial charge is 0.410 e. The van der Waals surface area contributed by atoms with E-state index >= 15 is 0 Å². The van der Waals surface area contributed by atoms with E-state index in [0.29, 0.717) is 25.5 Å². The van der Waals surface area contributed by atoms with Gasteiger partial charge in [0, 0.05) is 6.54 Å². The second-order valence-corrected chi connectivity index (χ2v) is 12.0. The normalized spacial score (nSPS) is 28.2. The molecule has 1 aliphatic carbocycles. The average Bonchev–Trinajstić information content (AvgIpc) is 3.22. The lowest BCUT2D eigenvalue weighted by Gasteiger charge is -2.41. The number of nitrogens with zero attached hydrogens (tertiary/aromatic N) is 1. The third kappa shape index (κ3) is 7.22. The van der Waals surface area contributed by atoms with Crippen LogP contribution in [-0.2, 0) is 23.8 Å². The van der Waals surface area contributed by atoms with Crippen LogP contribution in [0.2, 0.25) is 0 Å². The molecule has 2 saturated heterocycles. The van der Waals surface area contributed by atoms with Crippen molar-refractivity contribution in [3.8, 4) is 5.75 Å². The van der Waals surface area contributed by atoms with Crippen LogP contribution in [0.25, 0.3) is 0 Å². The van der Waals surface area contributed by atoms with Crippen LogP contribution in [0.4, 0.5) is 4.79 Å². The van der Waals surface area contributed by atoms with Gasteiger partial charge < -0.3 is 34.3 Å². The first kappa shape index (κ1) is 29.1. The van der Waals surface area contributed by atoms with Gasteiger partial charge in [-0.3, -0.25) is 9.59 Å². The summed E-state index contributed by atoms with van der Waals surface area (Å²) < 4.78 is 23.6. The van der Waals surface area contributed by atoms with Gasteiger partial charge in [0.25, 0.3) is 0 Å². The minimum atomic E-state index is -0.876. The molecule has 0 aromatic heterocycles. The van der Waals surface area contributed by atoms with Crippen molar-refractivity contribution < 1.29 is 38.4 Å². The fourth-order valence-corrected chi connectivity index (χ4v) is 5.72. The molecule has 3 atom stereocenters. The Morgan fingerprint density at radius 1 is 1.21 bits per heavy atom. The summed E-state index contributed by atoms with van der Waals surface area (Å²) in [5.41, 5.74) is -0.219. The molecule has 2 heterocycles. The van der Waals surface area contributed by atoms with Crippen molar-refractivity contribution >= 4 is 18.0 Å². The summed E-state index contributed by atoms with van der Waals surface area (Å²) in [4.78, 5) is 38.2. The highest BCUT2D eigenvalue weighted by Crippen LogP contribution is 2.39. The molecule has 1 saturated carbocycles. The van der Waals surface area contributed by atoms with Gasteiger partial charge in [-0.05, 0) is 77.3 Å². The molecule has 1 aromatic rings. The minimum Gasteiger partial charge on any atom is -0.492 e. The molecule has 10 nitrogen and oxygen atoms in total. The molecular formula is C29H42N2O8. The van der Waals surface area contributed by atoms with E-state index in [2.05, 4.69) is 11.4 Å². The van der Waals surface area contributed by atoms with Crippen molar-refractivity contribution in [2.75, 3.05) is 33.0 Å². The number of carbonyl (C=O) groups is 3. The van der Waals surface area contributed by atoms with E-state index in [-0.39, 0.29) is 37.9 Å². The van der Waals surface area contributed by atoms with Crippen LogP contribution < -0.4 is 10.1 Å². The van der Waals surface area contributed by atoms with Gasteiger partial charge in [0.05, 0.1) is 36.8 Å². The van der Waals surface area contributed by atoms with E-state index in [0.717, 1.165) is 37.0 Å². The highest BCUT2D eigenvalue weighted by molar-refractivity contribution is 5.79. The number of hydrogen-bond donors (Lipinski definition) is 2. The molecule has 1 unspecified atom stereocenters. The molecule has 1 spiro atoms. The van der Waals surface area contributed by atoms with Crippen molar-refractivity contribution in [2.24, 2.45) is 5.92 Å². The third-order valence-corrected chi connectivity index (χ3v) is 7.86. The van der Waals surface area contributed by atoms with E-state index in [1.807, 2.05) is 39.0 Å². The van der Waals surface area contributed by atoms with Crippen molar-refractivity contribution in [2.45, 2.75) is 89.0 Å². The maximum absolute atomic E-state index is 13.0. The van der Waals surface area contributed by atoms with Crippen LogP contribution in [0.1, 0.15) is 71.3 Å². The number of rotatable bonds is 8. The number of aliphatic carboxylic acids is 1. The second-order valence-electron chi connectivity index (χ2n) is 12.0. The van der Waals surface area contributed by atoms with E-state index in [4.69, 9.17) is 18.9 Å². The van der Waals surface area contributed by atoms with E-state index in [1.165, 1.54) is 0 Å². The number of likely N-dealkylation sites (tertiary alicyclic amines) is 1. The number of ether oxygens (including phenoxy) is 4. The third-order valence-electron chi connectivity index (χ3n) is 7.86. The molecule has 0 bridgehead atoms. The van der Waals surface area contributed by atoms with Gasteiger partial charge in [-0.2, -0.15) is 0 Å². The lowest BCUT2D eigenvalue weighted by molar-refractivity contribution is -0.142. The fraction of sp³-hybridized carbons (Fsp3) is 0.690. The topological polar surface area (TPSA) is 124 Å². The second kappa shape index (κ2) is 12.1. The number of carboxylic acid groups (broad SMARTS) is 1. The Kier molecular flexibility index (Phi) is 9.06. The monoisotopic (exact) mass is 546 g/mol. The molecule has 3 fully saturated rings. The van der Waals surface area contributed by atoms with Gasteiger partial charge >= 0.3 is 12.1 Å². The van der Waals surface area contributed by atoms with Crippen molar-refractivity contribution in [3.05, 3.63) is 29.8 Å². The SMILES string of the molecule is CC(COc1ccccc1C1CCC(OC[C@@H]2N(C(=O)OC(C)(C)C)CC[C@@]23COCC(=O)N3)CC1)C(=O)O. The number of hydrogen-bond acceptors (Lipinski definition) is 7. The first-order chi connectivity index (χ1) is 18.5. The number of carboxylic acids is 1. The van der Waals surface area contributed by atoms with Crippen molar-refractivity contribution in [1.29, 1.82) is 0 Å². The standard InChI is InChI=1S/C29H42N2O8/c1-19(26(33)34)15-38-23-8-6-5-7-22(23)20-9-11-21(12-10-20)37-16-24-29(18-36-17-25(32)30-29)13-14-31(24)27(35)39-28(2,3)4/h5-8,19-21,24H,9-18H2,1-4H3,(H,30,32)(H,33,34)/t19?,20?,21?,24-,29+/m0/s1. The molecule has 2 N–H and O–H groups in total. The van der Waals surface area contributed by atoms with Gasteiger partial charge in [-0.25, -0.2) is 4.79 Å². The molecule has 216 valence electrons. The highest BCUT2D eigenvalue weighted by atomic mass is 16.6. The maximum Gasteiger partial charge on any atom is 0.410 e. The average molecular weight is 547 g/mol. The molecule has 0 radical (unpaired) electrons. The van der Waals surface area contributed by atoms with Crippen molar-refractivity contribution in [1.82, 2.24) is 10.2 Å². The Balaban J connectivity index is 1.37. The fourth-order valence-electron chi connectivity index (χ4n) is 5.72. The first-order valence-electron chi connectivity index (χ1n) is 13.9. The number of carbonyl (C=O) groups excluding carboxylic acids is 2. The van der Waals surface area contributed by atoms with Crippen molar-refractivity contribution in [3.63, 3.8) is 0 Å². The summed E-state index contributed by atoms with van der Waals surface area (Å²) in [5, 5.41) is 12.3. The zero-order chi connectivity index (χ0) is 28.2. The van der Waals surface area contributed by atoms with Crippen LogP contribution >= 0.6 is 0 Å². The van der Waals surface area contributed by atoms with Gasteiger partial charge in [0.1, 0.15) is 24.6 Å². The number of amides is 2. The van der Waals surface area contributed by atoms with Crippen LogP contribution in [0.5, 0.6) is 5.75 Å². The molecule has 2 amide bonds. The van der Waals surface area contributed by atoms with Gasteiger partial charge in [-0.15, -0.1) is 0 Å². The summed E-state index contributed by atoms with van der Waals surface area (Å²) in [6.07, 6.45) is 3.70. The Morgan fingerprint density at radius 3 is 2.59 bits per heavy atom. The Hall–Kier alpha value is -2.85. The predicted molar refractivity (Wildman–Crippen MR) is 143 cm³/mol. The molecule has 39 heavy (non-hydrogen) atoms. The van der Waals surface area contributed by atoms with Crippen LogP contribution in [0, 0.1) is 5.92 Å². The van der Waals surface area contributed by atoms with Gasteiger partial charge in [0.15, 0.2) is 0 Å². The van der Waals surface area contributed by atoms with E-state index in [1.54, 1.807) is 11.8 Å². The number of nitrogens with one attached hydrogen (secondary N) is 1. The Labute approximate surface area is 230 Å². The molecule has 1 aromatic carbocycles. The van der Waals surface area contributed by atoms with Crippen LogP contribution in [0.3, 0.4) is 0 Å². The summed E-state index contributed by atoms with van der Waals surface area (Å²) >= 11 is 0. The molecule has 4 rings (SSSR count). The zero-order valence-corrected chi connectivity index (χ0v) is 23.4. The van der Waals surface area contributed by atoms with E-state index < -0.39 is 29.1 Å². The predicted octanol–water partition coefficient (Wildman–Crippen LogP) is 3.72. The Bertz CT molecular complexity index is 1030. The summed E-state index contributed by atoms with van der Waals surface area (Å²) in [6, 6.07) is 7.45. The minimum absolute atomic E-state index is 0.0200. The van der Waals surface area contributed by atoms with Crippen LogP contribution in [-0.4, -0.2) is 84.2 Å². The maximum atomic E-state index is 13.0. The lowest BCUT2D eigenvalue weighted by Crippen LogP contribution is -2.65. The largest absolute Gasteiger partial charge is 0.492 e. The molecule has 2 aliphatic heterocycles. The lowest BCUT2D eigenvalue weighted by atomic mass is 9.82. The molecular weight excluding hydrogens is 504 g/mol. The number of para-hydroxylation sites is 1. The molecule has 3 aliphatic rings. The first-order valence-corrected chi connectivity index (χ1v) is 13.9. The number of morpholine rings is 1. The van der Waals surface area contributed by atoms with E-state index in [9.17, 15) is 19.5 Å². The van der Waals surface area contributed by atoms with Crippen LogP contribution in [0.15, 0.2) is 24.3 Å².